The van der Waals surface area contributed by atoms with Crippen LogP contribution in [0.4, 0.5) is 0 Å². The first-order chi connectivity index (χ1) is 14.8. The number of fused-ring (bicyclic) bond motifs is 5. The number of aliphatic hydroxyl groups excluding tert-OH is 1. The molecule has 0 spiro atoms. The molecule has 0 aromatic carbocycles. The standard InChI is InChI=1S/C28H50O.C2H6/c1-6-20(19(2)3)8-7-9-21-11-13-25-24-12-10-22-18-23(29)14-16-28(22,5)26(24)15-17-27(21,25)4;1-2/h19-26,29H,6-18H2,1-5H3;1-2H3. The number of hydrogen-bond donors (Lipinski definition) is 1. The molecule has 4 saturated carbocycles. The number of hydrogen-bond acceptors (Lipinski definition) is 1. The molecule has 9 atom stereocenters. The Morgan fingerprint density at radius 1 is 0.871 bits per heavy atom. The quantitative estimate of drug-likeness (QED) is 0.444. The molecule has 1 N–H and O–H groups in total. The fourth-order valence-electron chi connectivity index (χ4n) is 9.45. The van der Waals surface area contributed by atoms with Crippen molar-refractivity contribution < 1.29 is 5.11 Å². The highest BCUT2D eigenvalue weighted by molar-refractivity contribution is 5.09. The van der Waals surface area contributed by atoms with Crippen LogP contribution in [-0.4, -0.2) is 11.2 Å². The van der Waals surface area contributed by atoms with Crippen molar-refractivity contribution in [2.24, 2.45) is 52.3 Å². The Balaban J connectivity index is 0.00000132. The third-order valence-corrected chi connectivity index (χ3v) is 11.4. The molecule has 1 nitrogen and oxygen atoms in total. The van der Waals surface area contributed by atoms with Crippen molar-refractivity contribution in [1.29, 1.82) is 0 Å². The number of rotatable bonds is 6. The molecule has 0 radical (unpaired) electrons. The second-order valence-corrected chi connectivity index (χ2v) is 12.7. The van der Waals surface area contributed by atoms with Gasteiger partial charge < -0.3 is 5.11 Å². The highest BCUT2D eigenvalue weighted by atomic mass is 16.3. The van der Waals surface area contributed by atoms with Crippen LogP contribution in [0.5, 0.6) is 0 Å². The van der Waals surface area contributed by atoms with Gasteiger partial charge in [0.15, 0.2) is 0 Å². The monoisotopic (exact) mass is 432 g/mol. The molecule has 0 heterocycles. The Hall–Kier alpha value is -0.0400. The van der Waals surface area contributed by atoms with E-state index in [0.29, 0.717) is 10.8 Å². The fourth-order valence-corrected chi connectivity index (χ4v) is 9.45. The Morgan fingerprint density at radius 2 is 1.55 bits per heavy atom. The second-order valence-electron chi connectivity index (χ2n) is 12.7. The van der Waals surface area contributed by atoms with Gasteiger partial charge in [-0.15, -0.1) is 0 Å². The van der Waals surface area contributed by atoms with Gasteiger partial charge in [0.25, 0.3) is 0 Å². The largest absolute Gasteiger partial charge is 0.393 e. The summed E-state index contributed by atoms with van der Waals surface area (Å²) in [6.45, 7) is 16.6. The van der Waals surface area contributed by atoms with Crippen molar-refractivity contribution in [3.63, 3.8) is 0 Å². The van der Waals surface area contributed by atoms with Crippen LogP contribution in [0.1, 0.15) is 132 Å². The Kier molecular flexibility index (Phi) is 8.65. The second kappa shape index (κ2) is 10.5. The molecule has 0 aromatic heterocycles. The van der Waals surface area contributed by atoms with Gasteiger partial charge in [0, 0.05) is 0 Å². The summed E-state index contributed by atoms with van der Waals surface area (Å²) < 4.78 is 0. The first kappa shape index (κ1) is 25.6. The summed E-state index contributed by atoms with van der Waals surface area (Å²) in [5.41, 5.74) is 1.17. The minimum absolute atomic E-state index is 0.00729. The van der Waals surface area contributed by atoms with Gasteiger partial charge in [-0.1, -0.05) is 67.7 Å². The van der Waals surface area contributed by atoms with Gasteiger partial charge in [0.1, 0.15) is 0 Å². The highest BCUT2D eigenvalue weighted by Gasteiger charge is 2.59. The van der Waals surface area contributed by atoms with Crippen LogP contribution in [-0.2, 0) is 0 Å². The lowest BCUT2D eigenvalue weighted by Crippen LogP contribution is -2.53. The Labute approximate surface area is 195 Å². The molecule has 4 aliphatic carbocycles. The highest BCUT2D eigenvalue weighted by Crippen LogP contribution is 2.67. The van der Waals surface area contributed by atoms with E-state index in [2.05, 4.69) is 34.6 Å². The van der Waals surface area contributed by atoms with Crippen LogP contribution in [0, 0.1) is 52.3 Å². The van der Waals surface area contributed by atoms with E-state index in [1.165, 1.54) is 70.6 Å². The lowest BCUT2D eigenvalue weighted by Gasteiger charge is -2.61. The average molecular weight is 433 g/mol. The first-order valence-electron chi connectivity index (χ1n) is 14.5. The summed E-state index contributed by atoms with van der Waals surface area (Å²) in [5.74, 6) is 6.54. The Bertz CT molecular complexity index is 555. The lowest BCUT2D eigenvalue weighted by atomic mass is 9.44. The molecule has 0 saturated heterocycles. The predicted molar refractivity (Wildman–Crippen MR) is 135 cm³/mol. The van der Waals surface area contributed by atoms with E-state index in [9.17, 15) is 5.11 Å². The van der Waals surface area contributed by atoms with E-state index >= 15 is 0 Å². The van der Waals surface area contributed by atoms with Crippen molar-refractivity contribution in [1.82, 2.24) is 0 Å². The molecule has 0 aromatic rings. The fraction of sp³-hybridized carbons (Fsp3) is 1.00. The van der Waals surface area contributed by atoms with Crippen LogP contribution < -0.4 is 0 Å². The molecule has 4 aliphatic rings. The zero-order chi connectivity index (χ0) is 22.8. The maximum atomic E-state index is 10.3. The van der Waals surface area contributed by atoms with Crippen LogP contribution >= 0.6 is 0 Å². The van der Waals surface area contributed by atoms with Crippen molar-refractivity contribution in [3.8, 4) is 0 Å². The molecular formula is C30H56O. The van der Waals surface area contributed by atoms with Crippen molar-refractivity contribution in [2.75, 3.05) is 0 Å². The van der Waals surface area contributed by atoms with Gasteiger partial charge in [-0.05, 0) is 116 Å². The van der Waals surface area contributed by atoms with Crippen molar-refractivity contribution >= 4 is 0 Å². The molecule has 182 valence electrons. The molecular weight excluding hydrogens is 376 g/mol. The van der Waals surface area contributed by atoms with E-state index in [1.54, 1.807) is 0 Å². The number of aliphatic hydroxyl groups is 1. The molecule has 4 rings (SSSR count). The third-order valence-electron chi connectivity index (χ3n) is 11.4. The van der Waals surface area contributed by atoms with Gasteiger partial charge in [0.05, 0.1) is 6.10 Å². The third kappa shape index (κ3) is 4.79. The zero-order valence-electron chi connectivity index (χ0n) is 22.3. The minimum Gasteiger partial charge on any atom is -0.393 e. The van der Waals surface area contributed by atoms with Crippen LogP contribution in [0.2, 0.25) is 0 Å². The average Bonchev–Trinajstić information content (AvgIpc) is 3.09. The summed E-state index contributed by atoms with van der Waals surface area (Å²) >= 11 is 0. The Morgan fingerprint density at radius 3 is 2.23 bits per heavy atom. The summed E-state index contributed by atoms with van der Waals surface area (Å²) in [5, 5.41) is 10.3. The van der Waals surface area contributed by atoms with Crippen molar-refractivity contribution in [3.05, 3.63) is 0 Å². The summed E-state index contributed by atoms with van der Waals surface area (Å²) in [7, 11) is 0. The lowest BCUT2D eigenvalue weighted by molar-refractivity contribution is -0.127. The molecule has 1 heteroatoms. The minimum atomic E-state index is -0.00729. The van der Waals surface area contributed by atoms with Gasteiger partial charge in [-0.2, -0.15) is 0 Å². The van der Waals surface area contributed by atoms with E-state index in [-0.39, 0.29) is 6.10 Å². The van der Waals surface area contributed by atoms with Crippen LogP contribution in [0.3, 0.4) is 0 Å². The topological polar surface area (TPSA) is 20.2 Å². The van der Waals surface area contributed by atoms with Gasteiger partial charge in [-0.25, -0.2) is 0 Å². The predicted octanol–water partition coefficient (Wildman–Crippen LogP) is 8.88. The molecule has 0 aliphatic heterocycles. The van der Waals surface area contributed by atoms with E-state index in [1.807, 2.05) is 13.8 Å². The SMILES string of the molecule is CC.CCC(CCCC1CCC2C3CCC4CC(O)CCC4(C)C3CCC12C)C(C)C. The van der Waals surface area contributed by atoms with E-state index < -0.39 is 0 Å². The van der Waals surface area contributed by atoms with Gasteiger partial charge in [-0.3, -0.25) is 0 Å². The van der Waals surface area contributed by atoms with Gasteiger partial charge >= 0.3 is 0 Å². The van der Waals surface area contributed by atoms with Gasteiger partial charge in [0.2, 0.25) is 0 Å². The molecule has 9 unspecified atom stereocenters. The van der Waals surface area contributed by atoms with Crippen LogP contribution in [0.25, 0.3) is 0 Å². The normalized spacial score (nSPS) is 45.2. The molecule has 31 heavy (non-hydrogen) atoms. The van der Waals surface area contributed by atoms with E-state index in [4.69, 9.17) is 0 Å². The first-order valence-corrected chi connectivity index (χ1v) is 14.5. The molecule has 0 amide bonds. The maximum Gasteiger partial charge on any atom is 0.0543 e. The van der Waals surface area contributed by atoms with E-state index in [0.717, 1.165) is 54.3 Å². The maximum absolute atomic E-state index is 10.3. The zero-order valence-corrected chi connectivity index (χ0v) is 22.3. The van der Waals surface area contributed by atoms with Crippen molar-refractivity contribution in [2.45, 2.75) is 138 Å². The molecule has 0 bridgehead atoms. The smallest absolute Gasteiger partial charge is 0.0543 e. The summed E-state index contributed by atoms with van der Waals surface area (Å²) in [6.07, 6.45) is 18.1. The summed E-state index contributed by atoms with van der Waals surface area (Å²) in [4.78, 5) is 0. The van der Waals surface area contributed by atoms with Crippen LogP contribution in [0.15, 0.2) is 0 Å². The summed E-state index contributed by atoms with van der Waals surface area (Å²) in [6, 6.07) is 0. The molecule has 4 fully saturated rings.